The fraction of sp³-hybridized carbons (Fsp3) is 0.278. The first-order chi connectivity index (χ1) is 20.3. The van der Waals surface area contributed by atoms with Crippen molar-refractivity contribution in [2.45, 2.75) is 59.3 Å². The molecule has 6 nitrogen and oxygen atoms in total. The molecule has 0 heterocycles. The highest BCUT2D eigenvalue weighted by atomic mass is 16.5. The van der Waals surface area contributed by atoms with Crippen molar-refractivity contribution in [3.8, 4) is 23.0 Å². The van der Waals surface area contributed by atoms with Gasteiger partial charge in [-0.2, -0.15) is 0 Å². The Hall–Kier alpha value is -4.58. The third-order valence-corrected chi connectivity index (χ3v) is 7.50. The summed E-state index contributed by atoms with van der Waals surface area (Å²) >= 11 is 0. The van der Waals surface area contributed by atoms with Crippen molar-refractivity contribution >= 4 is 11.9 Å². The molecule has 0 aromatic heterocycles. The summed E-state index contributed by atoms with van der Waals surface area (Å²) in [6.07, 6.45) is 3.63. The molecule has 1 aliphatic rings. The lowest BCUT2D eigenvalue weighted by Gasteiger charge is -2.21. The highest BCUT2D eigenvalue weighted by molar-refractivity contribution is 5.72. The Bertz CT molecular complexity index is 1620. The molecule has 0 spiro atoms. The minimum absolute atomic E-state index is 0.219. The first-order valence-electron chi connectivity index (χ1n) is 14.5. The van der Waals surface area contributed by atoms with Crippen LogP contribution in [0.5, 0.6) is 23.0 Å². The average Bonchev–Trinajstić information content (AvgIpc) is 2.94. The predicted octanol–water partition coefficient (Wildman–Crippen LogP) is 7.10. The monoisotopic (exact) mass is 564 g/mol. The van der Waals surface area contributed by atoms with Gasteiger partial charge in [-0.05, 0) is 50.9 Å². The molecule has 1 aliphatic carbocycles. The summed E-state index contributed by atoms with van der Waals surface area (Å²) in [4.78, 5) is 24.5. The largest absolute Gasteiger partial charge is 0.507 e. The molecular formula is C36H36O6. The van der Waals surface area contributed by atoms with Crippen LogP contribution in [-0.4, -0.2) is 23.7 Å². The zero-order valence-corrected chi connectivity index (χ0v) is 24.4. The summed E-state index contributed by atoms with van der Waals surface area (Å²) in [5.41, 5.74) is 6.66. The van der Waals surface area contributed by atoms with Gasteiger partial charge in [0.1, 0.15) is 23.0 Å². The summed E-state index contributed by atoms with van der Waals surface area (Å²) in [5.74, 6) is 1.13. The van der Waals surface area contributed by atoms with Gasteiger partial charge in [0.15, 0.2) is 0 Å². The van der Waals surface area contributed by atoms with Crippen molar-refractivity contribution in [1.29, 1.82) is 0 Å². The van der Waals surface area contributed by atoms with Crippen molar-refractivity contribution in [2.24, 2.45) is 0 Å². The predicted molar refractivity (Wildman–Crippen MR) is 162 cm³/mol. The Morgan fingerprint density at radius 1 is 0.595 bits per heavy atom. The smallest absolute Gasteiger partial charge is 0.308 e. The van der Waals surface area contributed by atoms with E-state index in [1.54, 1.807) is 0 Å². The van der Waals surface area contributed by atoms with E-state index in [1.807, 2.05) is 72.8 Å². The van der Waals surface area contributed by atoms with E-state index < -0.39 is 11.9 Å². The molecule has 8 bridgehead atoms. The number of ether oxygens (including phenoxy) is 3. The summed E-state index contributed by atoms with van der Waals surface area (Å²) in [7, 11) is 0. The van der Waals surface area contributed by atoms with Gasteiger partial charge >= 0.3 is 11.9 Å². The Morgan fingerprint density at radius 2 is 0.929 bits per heavy atom. The Morgan fingerprint density at radius 3 is 1.29 bits per heavy atom. The fourth-order valence-corrected chi connectivity index (χ4v) is 5.55. The van der Waals surface area contributed by atoms with E-state index >= 15 is 0 Å². The first-order valence-corrected chi connectivity index (χ1v) is 14.5. The SMILES string of the molecule is CCCCOc1c2cccc1Cc1cccc(c1OC(C)=O)Cc1cccc(c1OC(C)=O)Cc1cccc(c1O)C2. The van der Waals surface area contributed by atoms with Crippen LogP contribution in [0.2, 0.25) is 0 Å². The number of fused-ring (bicyclic) bond motifs is 8. The van der Waals surface area contributed by atoms with Crippen molar-refractivity contribution in [2.75, 3.05) is 6.61 Å². The van der Waals surface area contributed by atoms with Gasteiger partial charge in [0, 0.05) is 39.5 Å². The number of hydrogen-bond donors (Lipinski definition) is 1. The molecule has 0 unspecified atom stereocenters. The van der Waals surface area contributed by atoms with Crippen LogP contribution in [0.3, 0.4) is 0 Å². The van der Waals surface area contributed by atoms with Crippen molar-refractivity contribution in [3.63, 3.8) is 0 Å². The highest BCUT2D eigenvalue weighted by Crippen LogP contribution is 2.38. The molecule has 1 N–H and O–H groups in total. The average molecular weight is 565 g/mol. The number of phenolic OH excluding ortho intramolecular Hbond substituents is 1. The van der Waals surface area contributed by atoms with Gasteiger partial charge in [-0.25, -0.2) is 0 Å². The third kappa shape index (κ3) is 6.49. The Kier molecular flexibility index (Phi) is 8.91. The number of benzene rings is 4. The number of carbonyl (C=O) groups is 2. The van der Waals surface area contributed by atoms with Crippen LogP contribution in [-0.2, 0) is 35.3 Å². The molecule has 42 heavy (non-hydrogen) atoms. The van der Waals surface area contributed by atoms with Crippen molar-refractivity contribution < 1.29 is 28.9 Å². The second-order valence-electron chi connectivity index (χ2n) is 10.7. The maximum atomic E-state index is 12.3. The molecule has 4 aromatic rings. The molecule has 0 fully saturated rings. The van der Waals surface area contributed by atoms with Crippen LogP contribution < -0.4 is 14.2 Å². The lowest BCUT2D eigenvalue weighted by Crippen LogP contribution is -2.11. The van der Waals surface area contributed by atoms with Gasteiger partial charge in [-0.1, -0.05) is 86.1 Å². The van der Waals surface area contributed by atoms with E-state index in [4.69, 9.17) is 14.2 Å². The van der Waals surface area contributed by atoms with Crippen molar-refractivity contribution in [1.82, 2.24) is 0 Å². The quantitative estimate of drug-likeness (QED) is 0.135. The summed E-state index contributed by atoms with van der Waals surface area (Å²) in [6.45, 7) is 5.49. The minimum Gasteiger partial charge on any atom is -0.507 e. The molecule has 5 rings (SSSR count). The van der Waals surface area contributed by atoms with Gasteiger partial charge in [0.05, 0.1) is 6.61 Å². The lowest BCUT2D eigenvalue weighted by molar-refractivity contribution is -0.132. The van der Waals surface area contributed by atoms with Gasteiger partial charge in [-0.15, -0.1) is 0 Å². The van der Waals surface area contributed by atoms with Gasteiger partial charge < -0.3 is 19.3 Å². The Labute approximate surface area is 246 Å². The maximum Gasteiger partial charge on any atom is 0.308 e. The molecule has 216 valence electrons. The van der Waals surface area contributed by atoms with Crippen LogP contribution in [0, 0.1) is 0 Å². The fourth-order valence-electron chi connectivity index (χ4n) is 5.55. The van der Waals surface area contributed by atoms with E-state index in [2.05, 4.69) is 6.92 Å². The van der Waals surface area contributed by atoms with E-state index in [1.165, 1.54) is 13.8 Å². The van der Waals surface area contributed by atoms with E-state index in [9.17, 15) is 14.7 Å². The normalized spacial score (nSPS) is 12.4. The first kappa shape index (κ1) is 28.9. The Balaban J connectivity index is 1.74. The molecule has 0 saturated heterocycles. The standard InChI is InChI=1S/C36H36O6/c1-4-5-18-40-34-27-12-7-13-28(34)21-30-15-9-17-32(36(30)42-24(3)38)22-31-16-8-14-29(35(31)41-23(2)37)20-26-11-6-10-25(19-27)33(26)39/h6-17,39H,4-5,18-22H2,1-3H3. The topological polar surface area (TPSA) is 82.1 Å². The van der Waals surface area contributed by atoms with Crippen LogP contribution >= 0.6 is 0 Å². The molecule has 6 heteroatoms. The maximum absolute atomic E-state index is 12.3. The molecular weight excluding hydrogens is 528 g/mol. The zero-order chi connectivity index (χ0) is 29.6. The minimum atomic E-state index is -0.431. The number of hydrogen-bond acceptors (Lipinski definition) is 6. The van der Waals surface area contributed by atoms with Crippen molar-refractivity contribution in [3.05, 3.63) is 117 Å². The highest BCUT2D eigenvalue weighted by Gasteiger charge is 2.22. The lowest BCUT2D eigenvalue weighted by atomic mass is 9.91. The number of rotatable bonds is 6. The number of phenols is 1. The van der Waals surface area contributed by atoms with Gasteiger partial charge in [0.25, 0.3) is 0 Å². The number of unbranched alkanes of at least 4 members (excludes halogenated alkanes) is 1. The molecule has 0 atom stereocenters. The van der Waals surface area contributed by atoms with Crippen LogP contribution in [0.4, 0.5) is 0 Å². The molecule has 0 radical (unpaired) electrons. The van der Waals surface area contributed by atoms with Crippen LogP contribution in [0.25, 0.3) is 0 Å². The van der Waals surface area contributed by atoms with E-state index in [0.29, 0.717) is 43.8 Å². The number of aromatic hydroxyl groups is 1. The number of para-hydroxylation sites is 4. The third-order valence-electron chi connectivity index (χ3n) is 7.50. The van der Waals surface area contributed by atoms with Gasteiger partial charge in [-0.3, -0.25) is 9.59 Å². The number of carbonyl (C=O) groups excluding carboxylic acids is 2. The number of esters is 2. The van der Waals surface area contributed by atoms with Crippen LogP contribution in [0.1, 0.15) is 78.1 Å². The van der Waals surface area contributed by atoms with E-state index in [0.717, 1.165) is 63.1 Å². The van der Waals surface area contributed by atoms with Gasteiger partial charge in [0.2, 0.25) is 0 Å². The van der Waals surface area contributed by atoms with Crippen LogP contribution in [0.15, 0.2) is 72.8 Å². The summed E-state index contributed by atoms with van der Waals surface area (Å²) in [5, 5.41) is 11.4. The second-order valence-corrected chi connectivity index (χ2v) is 10.7. The summed E-state index contributed by atoms with van der Waals surface area (Å²) < 4.78 is 18.0. The second kappa shape index (κ2) is 12.9. The molecule has 0 saturated carbocycles. The molecule has 0 aliphatic heterocycles. The van der Waals surface area contributed by atoms with E-state index in [-0.39, 0.29) is 5.75 Å². The summed E-state index contributed by atoms with van der Waals surface area (Å²) in [6, 6.07) is 23.4. The molecule has 4 aromatic carbocycles. The zero-order valence-electron chi connectivity index (χ0n) is 24.4. The molecule has 0 amide bonds.